The molecule has 2 unspecified atom stereocenters. The fourth-order valence-electron chi connectivity index (χ4n) is 0.371. The normalized spacial score (nSPS) is 19.7. The Hall–Kier alpha value is 0.710. The lowest BCUT2D eigenvalue weighted by Gasteiger charge is -2.24. The second-order valence-corrected chi connectivity index (χ2v) is 3.85. The summed E-state index contributed by atoms with van der Waals surface area (Å²) < 4.78 is -0.230. The second kappa shape index (κ2) is 3.92. The monoisotopic (exact) mass is 274 g/mol. The van der Waals surface area contributed by atoms with Crippen molar-refractivity contribution in [3.63, 3.8) is 0 Å². The van der Waals surface area contributed by atoms with Gasteiger partial charge in [-0.15, -0.1) is 0 Å². The summed E-state index contributed by atoms with van der Waals surface area (Å²) in [5.41, 5.74) is -1.22. The molecule has 2 nitrogen and oxygen atoms in total. The number of hydrogen-bond acceptors (Lipinski definition) is 3. The van der Waals surface area contributed by atoms with Crippen LogP contribution in [0.25, 0.3) is 0 Å². The molecular formula is C6H11IO2S. The third-order valence-corrected chi connectivity index (χ3v) is 3.27. The van der Waals surface area contributed by atoms with Gasteiger partial charge >= 0.3 is 0 Å². The Bertz CT molecular complexity index is 136. The third kappa shape index (κ3) is 2.39. The van der Waals surface area contributed by atoms with Crippen LogP contribution in [0.5, 0.6) is 0 Å². The molecule has 0 aliphatic heterocycles. The van der Waals surface area contributed by atoms with Crippen molar-refractivity contribution in [1.29, 1.82) is 0 Å². The van der Waals surface area contributed by atoms with Crippen LogP contribution >= 0.6 is 35.2 Å². The third-order valence-electron chi connectivity index (χ3n) is 1.63. The van der Waals surface area contributed by atoms with E-state index in [1.807, 2.05) is 0 Å². The maximum Gasteiger partial charge on any atom is 0.223 e. The highest BCUT2D eigenvalue weighted by atomic mass is 127. The van der Waals surface area contributed by atoms with E-state index in [1.165, 1.54) is 6.92 Å². The van der Waals surface area contributed by atoms with Crippen LogP contribution in [0, 0.1) is 5.92 Å². The van der Waals surface area contributed by atoms with E-state index in [0.717, 1.165) is 0 Å². The summed E-state index contributed by atoms with van der Waals surface area (Å²) in [7, 11) is 0. The molecule has 0 bridgehead atoms. The highest BCUT2D eigenvalue weighted by molar-refractivity contribution is 14.1. The van der Waals surface area contributed by atoms with Crippen molar-refractivity contribution in [2.24, 2.45) is 5.92 Å². The molecule has 0 fully saturated rings. The zero-order valence-corrected chi connectivity index (χ0v) is 9.02. The van der Waals surface area contributed by atoms with Gasteiger partial charge in [-0.3, -0.25) is 4.79 Å². The Kier molecular flexibility index (Phi) is 4.20. The van der Waals surface area contributed by atoms with Gasteiger partial charge in [-0.25, -0.2) is 0 Å². The van der Waals surface area contributed by atoms with Crippen LogP contribution in [0.3, 0.4) is 0 Å². The molecule has 60 valence electrons. The van der Waals surface area contributed by atoms with Gasteiger partial charge in [-0.05, 0) is 12.7 Å². The molecule has 0 aliphatic carbocycles. The lowest BCUT2D eigenvalue weighted by Crippen LogP contribution is -2.39. The molecule has 0 aromatic carbocycles. The first-order chi connectivity index (χ1) is 4.42. The number of carbonyl (C=O) groups excluding carboxylic acids is 1. The van der Waals surface area contributed by atoms with E-state index in [2.05, 4.69) is 12.6 Å². The van der Waals surface area contributed by atoms with E-state index in [1.54, 1.807) is 29.5 Å². The molecule has 0 spiro atoms. The van der Waals surface area contributed by atoms with Gasteiger partial charge < -0.3 is 5.11 Å². The molecule has 2 atom stereocenters. The second-order valence-electron chi connectivity index (χ2n) is 2.50. The maximum atomic E-state index is 10.8. The van der Waals surface area contributed by atoms with E-state index in [9.17, 15) is 9.90 Å². The first kappa shape index (κ1) is 10.7. The summed E-state index contributed by atoms with van der Waals surface area (Å²) in [4.78, 5) is 10.8. The Balaban J connectivity index is 4.23. The number of hydrogen-bond donors (Lipinski definition) is 2. The first-order valence-corrected chi connectivity index (χ1v) is 4.67. The number of rotatable bonds is 3. The van der Waals surface area contributed by atoms with Crippen LogP contribution in [0.1, 0.15) is 13.8 Å². The fraction of sp³-hybridized carbons (Fsp3) is 0.833. The average molecular weight is 274 g/mol. The molecule has 1 N–H and O–H groups in total. The van der Waals surface area contributed by atoms with Crippen LogP contribution in [-0.4, -0.2) is 20.3 Å². The van der Waals surface area contributed by atoms with Crippen LogP contribution in [0.4, 0.5) is 0 Å². The van der Waals surface area contributed by atoms with Crippen molar-refractivity contribution in [3.8, 4) is 0 Å². The minimum atomic E-state index is -1.22. The van der Waals surface area contributed by atoms with E-state index < -0.39 is 5.60 Å². The van der Waals surface area contributed by atoms with Crippen LogP contribution in [0.2, 0.25) is 0 Å². The van der Waals surface area contributed by atoms with E-state index in [-0.39, 0.29) is 9.71 Å². The van der Waals surface area contributed by atoms with E-state index >= 15 is 0 Å². The maximum absolute atomic E-state index is 10.8. The summed E-state index contributed by atoms with van der Waals surface area (Å²) in [6.07, 6.45) is 0. The van der Waals surface area contributed by atoms with Crippen molar-refractivity contribution in [3.05, 3.63) is 0 Å². The Morgan fingerprint density at radius 3 is 2.40 bits per heavy atom. The van der Waals surface area contributed by atoms with E-state index in [4.69, 9.17) is 0 Å². The lowest BCUT2D eigenvalue weighted by atomic mass is 9.94. The zero-order chi connectivity index (χ0) is 8.36. The fourth-order valence-corrected chi connectivity index (χ4v) is 1.26. The number of carbonyl (C=O) groups is 1. The van der Waals surface area contributed by atoms with Gasteiger partial charge in [0, 0.05) is 28.5 Å². The van der Waals surface area contributed by atoms with E-state index in [0.29, 0.717) is 5.75 Å². The Labute approximate surface area is 79.9 Å². The van der Waals surface area contributed by atoms with Gasteiger partial charge in [0.05, 0.1) is 0 Å². The summed E-state index contributed by atoms with van der Waals surface area (Å²) in [5, 5.41) is 9.45. The molecule has 10 heavy (non-hydrogen) atoms. The smallest absolute Gasteiger partial charge is 0.223 e. The van der Waals surface area contributed by atoms with Crippen molar-refractivity contribution in [2.75, 3.05) is 5.75 Å². The highest BCUT2D eigenvalue weighted by Gasteiger charge is 2.33. The van der Waals surface area contributed by atoms with Crippen LogP contribution in [0.15, 0.2) is 0 Å². The molecule has 0 aromatic heterocycles. The molecule has 0 saturated heterocycles. The molecule has 0 saturated carbocycles. The van der Waals surface area contributed by atoms with Gasteiger partial charge in [0.25, 0.3) is 0 Å². The topological polar surface area (TPSA) is 37.3 Å². The van der Waals surface area contributed by atoms with Gasteiger partial charge in [0.15, 0.2) is 0 Å². The quantitative estimate of drug-likeness (QED) is 0.462. The van der Waals surface area contributed by atoms with Crippen molar-refractivity contribution < 1.29 is 9.90 Å². The average Bonchev–Trinajstić information content (AvgIpc) is 1.86. The summed E-state index contributed by atoms with van der Waals surface area (Å²) >= 11 is 5.59. The standard InChI is InChI=1S/C6H11IO2S/c1-4(3-10)6(2,9)5(7)8/h4,9-10H,3H2,1-2H3. The minimum Gasteiger partial charge on any atom is -0.381 e. The molecule has 4 heteroatoms. The minimum absolute atomic E-state index is 0.0970. The van der Waals surface area contributed by atoms with Gasteiger partial charge in [-0.2, -0.15) is 12.6 Å². The van der Waals surface area contributed by atoms with Crippen LogP contribution < -0.4 is 0 Å². The predicted octanol–water partition coefficient (Wildman–Crippen LogP) is 1.26. The molecule has 0 aliphatic rings. The number of halogens is 1. The molecule has 0 radical (unpaired) electrons. The predicted molar refractivity (Wildman–Crippen MR) is 52.7 cm³/mol. The lowest BCUT2D eigenvalue weighted by molar-refractivity contribution is -0.127. The number of thiol groups is 1. The molecule has 0 heterocycles. The number of aliphatic hydroxyl groups is 1. The molecule has 0 aromatic rings. The largest absolute Gasteiger partial charge is 0.381 e. The summed E-state index contributed by atoms with van der Waals surface area (Å²) in [5.74, 6) is 0.419. The molecule has 0 rings (SSSR count). The van der Waals surface area contributed by atoms with Gasteiger partial charge in [0.2, 0.25) is 3.79 Å². The summed E-state index contributed by atoms with van der Waals surface area (Å²) in [6, 6.07) is 0. The summed E-state index contributed by atoms with van der Waals surface area (Å²) in [6.45, 7) is 3.31. The van der Waals surface area contributed by atoms with Crippen molar-refractivity contribution in [2.45, 2.75) is 19.4 Å². The van der Waals surface area contributed by atoms with Crippen molar-refractivity contribution in [1.82, 2.24) is 0 Å². The van der Waals surface area contributed by atoms with Crippen molar-refractivity contribution >= 4 is 39.0 Å². The molecule has 0 amide bonds. The highest BCUT2D eigenvalue weighted by Crippen LogP contribution is 2.21. The van der Waals surface area contributed by atoms with Gasteiger partial charge in [0.1, 0.15) is 5.60 Å². The SMILES string of the molecule is CC(CS)C(C)(O)C(=O)I. The Morgan fingerprint density at radius 2 is 2.30 bits per heavy atom. The Morgan fingerprint density at radius 1 is 1.90 bits per heavy atom. The molecular weight excluding hydrogens is 263 g/mol. The van der Waals surface area contributed by atoms with Crippen LogP contribution in [-0.2, 0) is 4.79 Å². The van der Waals surface area contributed by atoms with Gasteiger partial charge in [-0.1, -0.05) is 6.92 Å². The zero-order valence-electron chi connectivity index (χ0n) is 5.97. The first-order valence-electron chi connectivity index (χ1n) is 2.96.